The molecular formula is C14H15N3O2S2. The molecule has 0 bridgehead atoms. The first-order valence-corrected chi connectivity index (χ1v) is 8.54. The molecule has 0 aliphatic rings. The molecule has 0 spiro atoms. The number of rotatable bonds is 4. The predicted molar refractivity (Wildman–Crippen MR) is 83.6 cm³/mol. The summed E-state index contributed by atoms with van der Waals surface area (Å²) in [5.74, 6) is 0. The molecular weight excluding hydrogens is 306 g/mol. The van der Waals surface area contributed by atoms with Crippen molar-refractivity contribution in [3.63, 3.8) is 0 Å². The van der Waals surface area contributed by atoms with Gasteiger partial charge in [0, 0.05) is 17.1 Å². The maximum absolute atomic E-state index is 11.5. The highest BCUT2D eigenvalue weighted by atomic mass is 32.2. The number of primary sulfonamides is 1. The highest BCUT2D eigenvalue weighted by Gasteiger charge is 2.12. The van der Waals surface area contributed by atoms with Crippen LogP contribution >= 0.6 is 11.3 Å². The van der Waals surface area contributed by atoms with Crippen molar-refractivity contribution in [2.75, 3.05) is 5.32 Å². The Labute approximate surface area is 128 Å². The van der Waals surface area contributed by atoms with Crippen molar-refractivity contribution in [3.8, 4) is 6.07 Å². The molecule has 0 saturated carbocycles. The molecule has 0 aliphatic carbocycles. The van der Waals surface area contributed by atoms with Crippen molar-refractivity contribution in [3.05, 3.63) is 45.1 Å². The van der Waals surface area contributed by atoms with Gasteiger partial charge >= 0.3 is 0 Å². The van der Waals surface area contributed by atoms with Crippen molar-refractivity contribution in [2.24, 2.45) is 5.14 Å². The molecule has 0 aliphatic heterocycles. The second kappa shape index (κ2) is 5.85. The largest absolute Gasteiger partial charge is 0.380 e. The third kappa shape index (κ3) is 3.61. The molecule has 0 unspecified atom stereocenters. The lowest BCUT2D eigenvalue weighted by molar-refractivity contribution is 0.597. The van der Waals surface area contributed by atoms with Crippen LogP contribution in [0.4, 0.5) is 5.69 Å². The quantitative estimate of drug-likeness (QED) is 0.904. The van der Waals surface area contributed by atoms with Gasteiger partial charge in [0.2, 0.25) is 10.0 Å². The zero-order valence-electron chi connectivity index (χ0n) is 11.7. The molecule has 1 heterocycles. The molecule has 110 valence electrons. The molecule has 3 N–H and O–H groups in total. The number of nitrogens with zero attached hydrogens (tertiary/aromatic N) is 1. The summed E-state index contributed by atoms with van der Waals surface area (Å²) < 4.78 is 23.0. The molecule has 2 rings (SSSR count). The molecule has 1 aromatic carbocycles. The first kappa shape index (κ1) is 15.5. The number of anilines is 1. The fourth-order valence-electron chi connectivity index (χ4n) is 1.89. The van der Waals surface area contributed by atoms with E-state index >= 15 is 0 Å². The number of aryl methyl sites for hydroxylation is 1. The van der Waals surface area contributed by atoms with E-state index in [1.807, 2.05) is 19.9 Å². The lowest BCUT2D eigenvalue weighted by Gasteiger charge is -2.13. The summed E-state index contributed by atoms with van der Waals surface area (Å²) in [6.45, 7) is 4.29. The molecule has 0 atom stereocenters. The first-order chi connectivity index (χ1) is 9.81. The zero-order chi connectivity index (χ0) is 15.6. The Morgan fingerprint density at radius 3 is 2.62 bits per heavy atom. The van der Waals surface area contributed by atoms with Gasteiger partial charge in [0.05, 0.1) is 4.90 Å². The summed E-state index contributed by atoms with van der Waals surface area (Å²) >= 11 is 1.41. The average molecular weight is 321 g/mol. The minimum atomic E-state index is -3.73. The van der Waals surface area contributed by atoms with Crippen LogP contribution in [-0.2, 0) is 16.6 Å². The second-order valence-corrected chi connectivity index (χ2v) is 7.42. The van der Waals surface area contributed by atoms with E-state index < -0.39 is 10.0 Å². The Balaban J connectivity index is 2.27. The van der Waals surface area contributed by atoms with Gasteiger partial charge in [-0.1, -0.05) is 0 Å². The smallest absolute Gasteiger partial charge is 0.238 e. The number of nitrogens with two attached hydrogens (primary N) is 1. The van der Waals surface area contributed by atoms with Crippen LogP contribution in [0.5, 0.6) is 0 Å². The molecule has 2 aromatic rings. The lowest BCUT2D eigenvalue weighted by atomic mass is 10.1. The highest BCUT2D eigenvalue weighted by Crippen LogP contribution is 2.25. The fourth-order valence-corrected chi connectivity index (χ4v) is 3.26. The summed E-state index contributed by atoms with van der Waals surface area (Å²) in [6.07, 6.45) is 0. The van der Waals surface area contributed by atoms with Crippen LogP contribution in [0, 0.1) is 25.2 Å². The molecule has 7 heteroatoms. The van der Waals surface area contributed by atoms with Crippen LogP contribution in [0.15, 0.2) is 29.2 Å². The SMILES string of the molecule is Cc1cc(S(N)(=O)=O)cc(NCc2ccc(C#N)s2)c1C. The van der Waals surface area contributed by atoms with E-state index in [4.69, 9.17) is 10.4 Å². The van der Waals surface area contributed by atoms with Crippen LogP contribution in [0.1, 0.15) is 20.9 Å². The van der Waals surface area contributed by atoms with Crippen LogP contribution in [-0.4, -0.2) is 8.42 Å². The highest BCUT2D eigenvalue weighted by molar-refractivity contribution is 7.89. The van der Waals surface area contributed by atoms with Crippen molar-refractivity contribution in [2.45, 2.75) is 25.3 Å². The van der Waals surface area contributed by atoms with Gasteiger partial charge in [-0.15, -0.1) is 11.3 Å². The van der Waals surface area contributed by atoms with Gasteiger partial charge in [-0.25, -0.2) is 13.6 Å². The van der Waals surface area contributed by atoms with E-state index in [2.05, 4.69) is 11.4 Å². The van der Waals surface area contributed by atoms with E-state index in [1.165, 1.54) is 17.4 Å². The molecule has 21 heavy (non-hydrogen) atoms. The zero-order valence-corrected chi connectivity index (χ0v) is 13.3. The van der Waals surface area contributed by atoms with Crippen LogP contribution in [0.25, 0.3) is 0 Å². The Kier molecular flexibility index (Phi) is 4.32. The van der Waals surface area contributed by atoms with E-state index in [1.54, 1.807) is 12.1 Å². The summed E-state index contributed by atoms with van der Waals surface area (Å²) in [5, 5.41) is 17.2. The molecule has 0 fully saturated rings. The number of nitrogens with one attached hydrogen (secondary N) is 1. The molecule has 0 amide bonds. The maximum Gasteiger partial charge on any atom is 0.238 e. The monoisotopic (exact) mass is 321 g/mol. The van der Waals surface area contributed by atoms with Gasteiger partial charge in [0.25, 0.3) is 0 Å². The molecule has 0 radical (unpaired) electrons. The van der Waals surface area contributed by atoms with E-state index in [9.17, 15) is 8.42 Å². The number of sulfonamides is 1. The van der Waals surface area contributed by atoms with Gasteiger partial charge in [0.1, 0.15) is 10.9 Å². The van der Waals surface area contributed by atoms with Gasteiger partial charge in [-0.2, -0.15) is 5.26 Å². The Morgan fingerprint density at radius 2 is 2.05 bits per heavy atom. The number of hydrogen-bond donors (Lipinski definition) is 2. The van der Waals surface area contributed by atoms with E-state index in [0.29, 0.717) is 11.4 Å². The third-order valence-corrected chi connectivity index (χ3v) is 5.08. The van der Waals surface area contributed by atoms with Crippen molar-refractivity contribution in [1.29, 1.82) is 5.26 Å². The lowest BCUT2D eigenvalue weighted by Crippen LogP contribution is -2.13. The molecule has 1 aromatic heterocycles. The predicted octanol–water partition coefficient (Wildman–Crippen LogP) is 2.50. The molecule has 0 saturated heterocycles. The van der Waals surface area contributed by atoms with Crippen LogP contribution < -0.4 is 10.5 Å². The van der Waals surface area contributed by atoms with Crippen LogP contribution in [0.2, 0.25) is 0 Å². The van der Waals surface area contributed by atoms with E-state index in [0.717, 1.165) is 21.7 Å². The Hall–Kier alpha value is -1.88. The normalized spacial score (nSPS) is 11.1. The van der Waals surface area contributed by atoms with Crippen molar-refractivity contribution < 1.29 is 8.42 Å². The summed E-state index contributed by atoms with van der Waals surface area (Å²) in [7, 11) is -3.73. The van der Waals surface area contributed by atoms with Gasteiger partial charge in [-0.05, 0) is 49.2 Å². The van der Waals surface area contributed by atoms with Crippen molar-refractivity contribution >= 4 is 27.0 Å². The number of benzene rings is 1. The van der Waals surface area contributed by atoms with E-state index in [-0.39, 0.29) is 4.90 Å². The third-order valence-electron chi connectivity index (χ3n) is 3.19. The number of hydrogen-bond acceptors (Lipinski definition) is 5. The maximum atomic E-state index is 11.5. The minimum absolute atomic E-state index is 0.0944. The fraction of sp³-hybridized carbons (Fsp3) is 0.214. The summed E-state index contributed by atoms with van der Waals surface area (Å²) in [6, 6.07) is 8.83. The summed E-state index contributed by atoms with van der Waals surface area (Å²) in [4.78, 5) is 1.75. The van der Waals surface area contributed by atoms with Gasteiger partial charge in [0.15, 0.2) is 0 Å². The first-order valence-electron chi connectivity index (χ1n) is 6.18. The molecule has 5 nitrogen and oxygen atoms in total. The Morgan fingerprint density at radius 1 is 1.33 bits per heavy atom. The second-order valence-electron chi connectivity index (χ2n) is 4.69. The Bertz CT molecular complexity index is 817. The topological polar surface area (TPSA) is 96.0 Å². The standard InChI is InChI=1S/C14H15N3O2S2/c1-9-5-13(21(16,18)19)6-14(10(9)2)17-8-12-4-3-11(7-15)20-12/h3-6,17H,8H2,1-2H3,(H2,16,18,19). The van der Waals surface area contributed by atoms with Gasteiger partial charge in [-0.3, -0.25) is 0 Å². The minimum Gasteiger partial charge on any atom is -0.380 e. The number of nitriles is 1. The van der Waals surface area contributed by atoms with Gasteiger partial charge < -0.3 is 5.32 Å². The summed E-state index contributed by atoms with van der Waals surface area (Å²) in [5.41, 5.74) is 2.55. The average Bonchev–Trinajstić information content (AvgIpc) is 2.87. The number of thiophene rings is 1. The van der Waals surface area contributed by atoms with Crippen LogP contribution in [0.3, 0.4) is 0 Å². The van der Waals surface area contributed by atoms with Crippen molar-refractivity contribution in [1.82, 2.24) is 0 Å².